The predicted molar refractivity (Wildman–Crippen MR) is 102 cm³/mol. The molecule has 0 radical (unpaired) electrons. The summed E-state index contributed by atoms with van der Waals surface area (Å²) in [5.41, 5.74) is 0.140. The first kappa shape index (κ1) is 19.9. The summed E-state index contributed by atoms with van der Waals surface area (Å²) >= 11 is 0. The Kier molecular flexibility index (Phi) is 5.74. The molecule has 0 bridgehead atoms. The maximum atomic E-state index is 13.3. The molecule has 0 heterocycles. The molecular weight excluding hydrogens is 330 g/mol. The number of nitrogens with one attached hydrogen (secondary N) is 3. The van der Waals surface area contributed by atoms with Crippen LogP contribution in [0.4, 0.5) is 5.69 Å². The Balaban J connectivity index is 2.38. The van der Waals surface area contributed by atoms with Gasteiger partial charge in [-0.2, -0.15) is 0 Å². The van der Waals surface area contributed by atoms with Gasteiger partial charge in [-0.1, -0.05) is 19.1 Å². The van der Waals surface area contributed by atoms with Crippen LogP contribution in [-0.4, -0.2) is 36.7 Å². The summed E-state index contributed by atoms with van der Waals surface area (Å²) < 4.78 is 0. The average Bonchev–Trinajstić information content (AvgIpc) is 3.20. The standard InChI is InChI=1S/C20H29N3O3/c1-11(2)22-18(25)15-16(19(26)23-12(3)4)20(15,5)17(24)13-9-7-8-10-14(13)21-6/h7-12,15-16,21H,1-6H3,(H,22,25)(H,23,26)/t15-,16+,20?. The number of anilines is 1. The smallest absolute Gasteiger partial charge is 0.225 e. The van der Waals surface area contributed by atoms with Crippen molar-refractivity contribution in [1.29, 1.82) is 0 Å². The predicted octanol–water partition coefficient (Wildman–Crippen LogP) is 2.21. The minimum atomic E-state index is -1.05. The van der Waals surface area contributed by atoms with Crippen LogP contribution in [0.2, 0.25) is 0 Å². The van der Waals surface area contributed by atoms with E-state index in [1.54, 1.807) is 26.1 Å². The molecule has 2 amide bonds. The van der Waals surface area contributed by atoms with Crippen LogP contribution in [0.25, 0.3) is 0 Å². The van der Waals surface area contributed by atoms with E-state index >= 15 is 0 Å². The van der Waals surface area contributed by atoms with E-state index in [0.29, 0.717) is 11.3 Å². The van der Waals surface area contributed by atoms with Crippen molar-refractivity contribution in [2.24, 2.45) is 17.3 Å². The lowest BCUT2D eigenvalue weighted by Crippen LogP contribution is -2.35. The Morgan fingerprint density at radius 3 is 1.81 bits per heavy atom. The molecule has 1 aromatic rings. The van der Waals surface area contributed by atoms with Gasteiger partial charge in [-0.15, -0.1) is 0 Å². The van der Waals surface area contributed by atoms with Crippen molar-refractivity contribution in [3.05, 3.63) is 29.8 Å². The molecule has 6 heteroatoms. The van der Waals surface area contributed by atoms with Crippen LogP contribution >= 0.6 is 0 Å². The summed E-state index contributed by atoms with van der Waals surface area (Å²) in [5.74, 6) is -2.01. The fourth-order valence-corrected chi connectivity index (χ4v) is 3.58. The van der Waals surface area contributed by atoms with Crippen molar-refractivity contribution >= 4 is 23.3 Å². The van der Waals surface area contributed by atoms with Gasteiger partial charge in [0.1, 0.15) is 0 Å². The Hall–Kier alpha value is -2.37. The molecule has 1 saturated carbocycles. The van der Waals surface area contributed by atoms with Crippen LogP contribution in [0.15, 0.2) is 24.3 Å². The first-order valence-corrected chi connectivity index (χ1v) is 9.06. The van der Waals surface area contributed by atoms with Crippen molar-refractivity contribution in [3.63, 3.8) is 0 Å². The molecular formula is C20H29N3O3. The number of ketones is 1. The van der Waals surface area contributed by atoms with Crippen LogP contribution in [0.3, 0.4) is 0 Å². The minimum Gasteiger partial charge on any atom is -0.388 e. The van der Waals surface area contributed by atoms with Crippen molar-refractivity contribution < 1.29 is 14.4 Å². The van der Waals surface area contributed by atoms with E-state index in [1.807, 2.05) is 39.8 Å². The molecule has 0 aliphatic heterocycles. The number of hydrogen-bond donors (Lipinski definition) is 3. The number of amides is 2. The largest absolute Gasteiger partial charge is 0.388 e. The fourth-order valence-electron chi connectivity index (χ4n) is 3.58. The molecule has 3 atom stereocenters. The third-order valence-corrected chi connectivity index (χ3v) is 4.87. The zero-order chi connectivity index (χ0) is 19.6. The SMILES string of the molecule is CNc1ccccc1C(=O)C1(C)[C@H](C(=O)NC(C)C)[C@@H]1C(=O)NC(C)C. The summed E-state index contributed by atoms with van der Waals surface area (Å²) in [6.45, 7) is 9.16. The molecule has 142 valence electrons. The van der Waals surface area contributed by atoms with Gasteiger partial charge >= 0.3 is 0 Å². The normalized spacial score (nSPS) is 24.3. The molecule has 6 nitrogen and oxygen atoms in total. The van der Waals surface area contributed by atoms with E-state index in [-0.39, 0.29) is 29.7 Å². The minimum absolute atomic E-state index is 0.0548. The van der Waals surface area contributed by atoms with E-state index < -0.39 is 17.3 Å². The zero-order valence-corrected chi connectivity index (χ0v) is 16.3. The summed E-state index contributed by atoms with van der Waals surface area (Å²) in [7, 11) is 1.74. The highest BCUT2D eigenvalue weighted by Crippen LogP contribution is 2.61. The first-order valence-electron chi connectivity index (χ1n) is 9.06. The van der Waals surface area contributed by atoms with Crippen LogP contribution in [0.5, 0.6) is 0 Å². The summed E-state index contributed by atoms with van der Waals surface area (Å²) in [5, 5.41) is 8.70. The summed E-state index contributed by atoms with van der Waals surface area (Å²) in [6.07, 6.45) is 0. The maximum Gasteiger partial charge on any atom is 0.225 e. The molecule has 0 spiro atoms. The lowest BCUT2D eigenvalue weighted by molar-refractivity contribution is -0.127. The van der Waals surface area contributed by atoms with E-state index in [0.717, 1.165) is 0 Å². The van der Waals surface area contributed by atoms with Gasteiger partial charge in [0.15, 0.2) is 5.78 Å². The lowest BCUT2D eigenvalue weighted by atomic mass is 9.91. The molecule has 26 heavy (non-hydrogen) atoms. The zero-order valence-electron chi connectivity index (χ0n) is 16.3. The van der Waals surface area contributed by atoms with Crippen LogP contribution in [-0.2, 0) is 9.59 Å². The topological polar surface area (TPSA) is 87.3 Å². The average molecular weight is 359 g/mol. The highest BCUT2D eigenvalue weighted by molar-refractivity contribution is 6.14. The van der Waals surface area contributed by atoms with Crippen molar-refractivity contribution in [2.45, 2.75) is 46.7 Å². The molecule has 0 aromatic heterocycles. The first-order chi connectivity index (χ1) is 12.1. The van der Waals surface area contributed by atoms with Crippen molar-refractivity contribution in [3.8, 4) is 0 Å². The number of carbonyl (C=O) groups excluding carboxylic acids is 3. The van der Waals surface area contributed by atoms with Gasteiger partial charge in [-0.05, 0) is 39.8 Å². The van der Waals surface area contributed by atoms with Crippen LogP contribution in [0.1, 0.15) is 45.0 Å². The van der Waals surface area contributed by atoms with E-state index in [1.165, 1.54) is 0 Å². The van der Waals surface area contributed by atoms with Gasteiger partial charge in [0.2, 0.25) is 11.8 Å². The molecule has 1 aliphatic rings. The monoisotopic (exact) mass is 359 g/mol. The molecule has 2 rings (SSSR count). The van der Waals surface area contributed by atoms with Gasteiger partial charge < -0.3 is 16.0 Å². The molecule has 3 N–H and O–H groups in total. The molecule has 1 aliphatic carbocycles. The van der Waals surface area contributed by atoms with Gasteiger partial charge in [-0.25, -0.2) is 0 Å². The number of benzene rings is 1. The van der Waals surface area contributed by atoms with Gasteiger partial charge in [-0.3, -0.25) is 14.4 Å². The number of Topliss-reactive ketones (excluding diaryl/α,β-unsaturated/α-hetero) is 1. The lowest BCUT2D eigenvalue weighted by Gasteiger charge is -2.15. The van der Waals surface area contributed by atoms with Gasteiger partial charge in [0.25, 0.3) is 0 Å². The summed E-state index contributed by atoms with van der Waals surface area (Å²) in [6, 6.07) is 7.05. The highest BCUT2D eigenvalue weighted by atomic mass is 16.2. The summed E-state index contributed by atoms with van der Waals surface area (Å²) in [4.78, 5) is 38.6. The molecule has 1 aromatic carbocycles. The van der Waals surface area contributed by atoms with Crippen LogP contribution < -0.4 is 16.0 Å². The molecule has 1 unspecified atom stereocenters. The molecule has 0 saturated heterocycles. The van der Waals surface area contributed by atoms with E-state index in [9.17, 15) is 14.4 Å². The molecule has 1 fully saturated rings. The second-order valence-corrected chi connectivity index (χ2v) is 7.69. The second kappa shape index (κ2) is 7.48. The van der Waals surface area contributed by atoms with Gasteiger partial charge in [0, 0.05) is 30.4 Å². The fraction of sp³-hybridized carbons (Fsp3) is 0.550. The quantitative estimate of drug-likeness (QED) is 0.652. The number of carbonyl (C=O) groups is 3. The van der Waals surface area contributed by atoms with Crippen molar-refractivity contribution in [2.75, 3.05) is 12.4 Å². The Bertz CT molecular complexity index is 684. The van der Waals surface area contributed by atoms with E-state index in [2.05, 4.69) is 16.0 Å². The van der Waals surface area contributed by atoms with E-state index in [4.69, 9.17) is 0 Å². The third kappa shape index (κ3) is 3.59. The van der Waals surface area contributed by atoms with Crippen LogP contribution in [0, 0.1) is 17.3 Å². The number of para-hydroxylation sites is 1. The third-order valence-electron chi connectivity index (χ3n) is 4.87. The van der Waals surface area contributed by atoms with Crippen molar-refractivity contribution in [1.82, 2.24) is 10.6 Å². The Morgan fingerprint density at radius 2 is 1.38 bits per heavy atom. The number of hydrogen-bond acceptors (Lipinski definition) is 4. The second-order valence-electron chi connectivity index (χ2n) is 7.69. The number of rotatable bonds is 7. The van der Waals surface area contributed by atoms with Gasteiger partial charge in [0.05, 0.1) is 17.3 Å². The Morgan fingerprint density at radius 1 is 0.923 bits per heavy atom. The Labute approximate surface area is 155 Å². The maximum absolute atomic E-state index is 13.3. The highest BCUT2D eigenvalue weighted by Gasteiger charge is 2.72.